The molecule has 3 nitrogen and oxygen atoms in total. The van der Waals surface area contributed by atoms with Crippen molar-refractivity contribution in [2.75, 3.05) is 27.9 Å². The van der Waals surface area contributed by atoms with Crippen molar-refractivity contribution in [1.29, 1.82) is 0 Å². The lowest BCUT2D eigenvalue weighted by Gasteiger charge is -2.12. The quantitative estimate of drug-likeness (QED) is 0.695. The number of hydrogen-bond donors (Lipinski definition) is 0. The lowest BCUT2D eigenvalue weighted by Crippen LogP contribution is -2.03. The largest absolute Gasteiger partial charge is 0.495 e. The molecule has 0 unspecified atom stereocenters. The molecule has 0 saturated carbocycles. The van der Waals surface area contributed by atoms with Gasteiger partial charge in [-0.05, 0) is 0 Å². The van der Waals surface area contributed by atoms with Crippen LogP contribution < -0.4 is 0 Å². The van der Waals surface area contributed by atoms with Crippen molar-refractivity contribution < 1.29 is 14.2 Å². The average Bonchev–Trinajstić information content (AvgIpc) is 2.30. The van der Waals surface area contributed by atoms with Crippen molar-refractivity contribution in [2.45, 2.75) is 0 Å². The average molecular weight is 208 g/mol. The summed E-state index contributed by atoms with van der Waals surface area (Å²) >= 11 is 0. The topological polar surface area (TPSA) is 27.7 Å². The van der Waals surface area contributed by atoms with Crippen LogP contribution >= 0.6 is 0 Å². The van der Waals surface area contributed by atoms with Crippen LogP contribution in [0.25, 0.3) is 5.76 Å². The normalized spacial score (nSPS) is 11.9. The summed E-state index contributed by atoms with van der Waals surface area (Å²) in [6.07, 6.45) is 0. The SMILES string of the molecule is COCC(OC)=C(OC)c1ccccc1. The number of benzene rings is 1. The first kappa shape index (κ1) is 11.6. The Morgan fingerprint density at radius 2 is 1.67 bits per heavy atom. The third kappa shape index (κ3) is 2.99. The minimum atomic E-state index is 0.397. The van der Waals surface area contributed by atoms with Crippen molar-refractivity contribution in [3.8, 4) is 0 Å². The zero-order valence-corrected chi connectivity index (χ0v) is 9.32. The van der Waals surface area contributed by atoms with Gasteiger partial charge in [0, 0.05) is 12.7 Å². The second kappa shape index (κ2) is 6.09. The Labute approximate surface area is 90.3 Å². The fourth-order valence-electron chi connectivity index (χ4n) is 1.33. The maximum atomic E-state index is 5.32. The monoisotopic (exact) mass is 208 g/mol. The molecule has 0 aliphatic heterocycles. The summed E-state index contributed by atoms with van der Waals surface area (Å²) < 4.78 is 15.6. The molecule has 0 heterocycles. The van der Waals surface area contributed by atoms with Gasteiger partial charge >= 0.3 is 0 Å². The van der Waals surface area contributed by atoms with Gasteiger partial charge in [-0.25, -0.2) is 0 Å². The van der Waals surface area contributed by atoms with Crippen LogP contribution in [-0.4, -0.2) is 27.9 Å². The van der Waals surface area contributed by atoms with Crippen LogP contribution in [0.3, 0.4) is 0 Å². The highest BCUT2D eigenvalue weighted by Gasteiger charge is 2.09. The molecular formula is C12H16O3. The van der Waals surface area contributed by atoms with Gasteiger partial charge < -0.3 is 14.2 Å². The molecule has 0 aliphatic rings. The van der Waals surface area contributed by atoms with Crippen LogP contribution in [0.5, 0.6) is 0 Å². The first-order valence-electron chi connectivity index (χ1n) is 4.69. The third-order valence-electron chi connectivity index (χ3n) is 2.02. The van der Waals surface area contributed by atoms with E-state index in [9.17, 15) is 0 Å². The van der Waals surface area contributed by atoms with E-state index < -0.39 is 0 Å². The molecule has 1 rings (SSSR count). The van der Waals surface area contributed by atoms with Crippen molar-refractivity contribution >= 4 is 5.76 Å². The molecule has 0 amide bonds. The van der Waals surface area contributed by atoms with Crippen LogP contribution in [0.2, 0.25) is 0 Å². The highest BCUT2D eigenvalue weighted by Crippen LogP contribution is 2.19. The molecule has 3 heteroatoms. The van der Waals surface area contributed by atoms with E-state index in [4.69, 9.17) is 14.2 Å². The minimum absolute atomic E-state index is 0.397. The zero-order valence-electron chi connectivity index (χ0n) is 9.32. The van der Waals surface area contributed by atoms with Gasteiger partial charge in [-0.1, -0.05) is 30.3 Å². The summed E-state index contributed by atoms with van der Waals surface area (Å²) in [5, 5.41) is 0. The lowest BCUT2D eigenvalue weighted by atomic mass is 10.1. The Kier molecular flexibility index (Phi) is 4.71. The van der Waals surface area contributed by atoms with Crippen molar-refractivity contribution in [3.63, 3.8) is 0 Å². The van der Waals surface area contributed by atoms with Gasteiger partial charge in [0.1, 0.15) is 6.61 Å². The van der Waals surface area contributed by atoms with Gasteiger partial charge in [0.05, 0.1) is 14.2 Å². The molecule has 0 bridgehead atoms. The Morgan fingerprint density at radius 3 is 2.13 bits per heavy atom. The van der Waals surface area contributed by atoms with Gasteiger partial charge in [0.2, 0.25) is 0 Å². The van der Waals surface area contributed by atoms with Crippen LogP contribution in [0, 0.1) is 0 Å². The third-order valence-corrected chi connectivity index (χ3v) is 2.02. The molecule has 0 atom stereocenters. The van der Waals surface area contributed by atoms with Gasteiger partial charge in [-0.3, -0.25) is 0 Å². The molecule has 0 N–H and O–H groups in total. The summed E-state index contributed by atoms with van der Waals surface area (Å²) in [5.74, 6) is 1.39. The molecule has 15 heavy (non-hydrogen) atoms. The molecule has 82 valence electrons. The Balaban J connectivity index is 3.05. The standard InChI is InChI=1S/C12H16O3/c1-13-9-11(14-2)12(15-3)10-7-5-4-6-8-10/h4-8H,9H2,1-3H3. The van der Waals surface area contributed by atoms with Crippen LogP contribution in [0.15, 0.2) is 36.1 Å². The van der Waals surface area contributed by atoms with Gasteiger partial charge in [-0.2, -0.15) is 0 Å². The molecule has 0 aromatic heterocycles. The molecule has 0 fully saturated rings. The van der Waals surface area contributed by atoms with Crippen molar-refractivity contribution in [3.05, 3.63) is 41.7 Å². The summed E-state index contributed by atoms with van der Waals surface area (Å²) in [4.78, 5) is 0. The van der Waals surface area contributed by atoms with Crippen LogP contribution in [-0.2, 0) is 14.2 Å². The predicted molar refractivity (Wildman–Crippen MR) is 59.3 cm³/mol. The zero-order chi connectivity index (χ0) is 11.1. The number of hydrogen-bond acceptors (Lipinski definition) is 3. The maximum Gasteiger partial charge on any atom is 0.166 e. The van der Waals surface area contributed by atoms with E-state index in [1.807, 2.05) is 30.3 Å². The van der Waals surface area contributed by atoms with E-state index in [1.54, 1.807) is 21.3 Å². The highest BCUT2D eigenvalue weighted by molar-refractivity contribution is 5.61. The smallest absolute Gasteiger partial charge is 0.166 e. The first-order valence-corrected chi connectivity index (χ1v) is 4.69. The van der Waals surface area contributed by atoms with Crippen molar-refractivity contribution in [1.82, 2.24) is 0 Å². The Hall–Kier alpha value is -1.48. The van der Waals surface area contributed by atoms with E-state index >= 15 is 0 Å². The van der Waals surface area contributed by atoms with E-state index in [0.717, 1.165) is 5.56 Å². The van der Waals surface area contributed by atoms with Gasteiger partial charge in [0.25, 0.3) is 0 Å². The summed E-state index contributed by atoms with van der Waals surface area (Å²) in [6.45, 7) is 0.397. The van der Waals surface area contributed by atoms with Crippen LogP contribution in [0.4, 0.5) is 0 Å². The summed E-state index contributed by atoms with van der Waals surface area (Å²) in [7, 11) is 4.85. The molecule has 1 aromatic rings. The molecule has 0 saturated heterocycles. The highest BCUT2D eigenvalue weighted by atomic mass is 16.5. The predicted octanol–water partition coefficient (Wildman–Crippen LogP) is 2.29. The Bertz CT molecular complexity index is 317. The van der Waals surface area contributed by atoms with Gasteiger partial charge in [-0.15, -0.1) is 0 Å². The van der Waals surface area contributed by atoms with E-state index in [0.29, 0.717) is 18.1 Å². The summed E-state index contributed by atoms with van der Waals surface area (Å²) in [5.41, 5.74) is 0.980. The number of ether oxygens (including phenoxy) is 3. The second-order valence-electron chi connectivity index (χ2n) is 2.96. The molecular weight excluding hydrogens is 192 g/mol. The first-order chi connectivity index (χ1) is 7.33. The van der Waals surface area contributed by atoms with E-state index in [2.05, 4.69) is 0 Å². The van der Waals surface area contributed by atoms with Gasteiger partial charge in [0.15, 0.2) is 11.5 Å². The summed E-state index contributed by atoms with van der Waals surface area (Å²) in [6, 6.07) is 9.80. The minimum Gasteiger partial charge on any atom is -0.495 e. The van der Waals surface area contributed by atoms with Crippen LogP contribution in [0.1, 0.15) is 5.56 Å². The van der Waals surface area contributed by atoms with Crippen molar-refractivity contribution in [2.24, 2.45) is 0 Å². The second-order valence-corrected chi connectivity index (χ2v) is 2.96. The fraction of sp³-hybridized carbons (Fsp3) is 0.333. The fourth-order valence-corrected chi connectivity index (χ4v) is 1.33. The van der Waals surface area contributed by atoms with E-state index in [1.165, 1.54) is 0 Å². The lowest BCUT2D eigenvalue weighted by molar-refractivity contribution is 0.153. The molecule has 1 aromatic carbocycles. The number of methoxy groups -OCH3 is 3. The maximum absolute atomic E-state index is 5.32. The number of rotatable bonds is 5. The molecule has 0 spiro atoms. The Morgan fingerprint density at radius 1 is 1.00 bits per heavy atom. The molecule has 0 aliphatic carbocycles. The van der Waals surface area contributed by atoms with E-state index in [-0.39, 0.29) is 0 Å². The molecule has 0 radical (unpaired) electrons.